The fourth-order valence-electron chi connectivity index (χ4n) is 1.38. The molecule has 90 valence electrons. The van der Waals surface area contributed by atoms with Crippen molar-refractivity contribution < 1.29 is 23.0 Å². The van der Waals surface area contributed by atoms with E-state index < -0.39 is 18.2 Å². The van der Waals surface area contributed by atoms with Crippen molar-refractivity contribution in [1.29, 1.82) is 0 Å². The molecule has 0 spiro atoms. The van der Waals surface area contributed by atoms with Crippen molar-refractivity contribution in [1.82, 2.24) is 0 Å². The van der Waals surface area contributed by atoms with Gasteiger partial charge in [0, 0.05) is 5.92 Å². The third-order valence-corrected chi connectivity index (χ3v) is 2.41. The number of alkyl halides is 3. The summed E-state index contributed by atoms with van der Waals surface area (Å²) in [6, 6.07) is 6.08. The van der Waals surface area contributed by atoms with Crippen molar-refractivity contribution in [3.8, 4) is 5.75 Å². The molecule has 0 aliphatic carbocycles. The molecule has 0 aromatic heterocycles. The molecule has 0 saturated heterocycles. The van der Waals surface area contributed by atoms with Crippen molar-refractivity contribution in [3.05, 3.63) is 29.8 Å². The van der Waals surface area contributed by atoms with Crippen LogP contribution in [0.4, 0.5) is 13.2 Å². The third kappa shape index (κ3) is 2.88. The fourth-order valence-corrected chi connectivity index (χ4v) is 1.38. The van der Waals surface area contributed by atoms with Crippen molar-refractivity contribution in [3.63, 3.8) is 0 Å². The van der Waals surface area contributed by atoms with E-state index in [4.69, 9.17) is 9.84 Å². The lowest BCUT2D eigenvalue weighted by Crippen LogP contribution is -2.33. The topological polar surface area (TPSA) is 29.5 Å². The van der Waals surface area contributed by atoms with Crippen LogP contribution in [0.2, 0.25) is 0 Å². The molecule has 0 aliphatic rings. The number of hydrogen-bond donors (Lipinski definition) is 1. The molecule has 1 aromatic rings. The van der Waals surface area contributed by atoms with Crippen molar-refractivity contribution in [2.45, 2.75) is 25.1 Å². The molecule has 2 nitrogen and oxygen atoms in total. The molecule has 2 atom stereocenters. The molecule has 0 aliphatic heterocycles. The molecule has 2 unspecified atom stereocenters. The zero-order valence-electron chi connectivity index (χ0n) is 8.95. The summed E-state index contributed by atoms with van der Waals surface area (Å²) in [4.78, 5) is 0. The van der Waals surface area contributed by atoms with Gasteiger partial charge < -0.3 is 9.84 Å². The van der Waals surface area contributed by atoms with Crippen LogP contribution in [0.25, 0.3) is 0 Å². The highest BCUT2D eigenvalue weighted by molar-refractivity contribution is 5.29. The van der Waals surface area contributed by atoms with E-state index in [-0.39, 0.29) is 0 Å². The van der Waals surface area contributed by atoms with E-state index in [2.05, 4.69) is 0 Å². The number of hydrogen-bond acceptors (Lipinski definition) is 2. The van der Waals surface area contributed by atoms with Crippen LogP contribution in [-0.4, -0.2) is 24.5 Å². The number of rotatable bonds is 4. The minimum absolute atomic E-state index is 0.377. The van der Waals surface area contributed by atoms with Gasteiger partial charge in [0.1, 0.15) is 5.75 Å². The normalized spacial score (nSPS) is 15.6. The van der Waals surface area contributed by atoms with Crippen LogP contribution in [0.15, 0.2) is 24.3 Å². The molecule has 0 bridgehead atoms. The van der Waals surface area contributed by atoms with Gasteiger partial charge in [-0.15, -0.1) is 0 Å². The Balaban J connectivity index is 2.84. The van der Waals surface area contributed by atoms with Crippen LogP contribution in [0.1, 0.15) is 18.4 Å². The smallest absolute Gasteiger partial charge is 0.385 e. The number of ether oxygens (including phenoxy) is 1. The van der Waals surface area contributed by atoms with Crippen LogP contribution in [0.3, 0.4) is 0 Å². The second-order valence-corrected chi connectivity index (χ2v) is 3.55. The summed E-state index contributed by atoms with van der Waals surface area (Å²) >= 11 is 0. The zero-order valence-corrected chi connectivity index (χ0v) is 8.95. The van der Waals surface area contributed by atoms with E-state index >= 15 is 0 Å². The summed E-state index contributed by atoms with van der Waals surface area (Å²) in [7, 11) is 1.47. The van der Waals surface area contributed by atoms with Crippen molar-refractivity contribution in [2.75, 3.05) is 7.11 Å². The van der Waals surface area contributed by atoms with Gasteiger partial charge in [-0.1, -0.05) is 19.1 Å². The molecule has 0 fully saturated rings. The second kappa shape index (κ2) is 4.74. The predicted molar refractivity (Wildman–Crippen MR) is 53.5 cm³/mol. The van der Waals surface area contributed by atoms with Crippen LogP contribution < -0.4 is 4.74 Å². The van der Waals surface area contributed by atoms with Crippen LogP contribution in [-0.2, 0) is 0 Å². The average molecular weight is 234 g/mol. The zero-order chi connectivity index (χ0) is 12.3. The molecule has 1 aromatic carbocycles. The van der Waals surface area contributed by atoms with Gasteiger partial charge in [0.05, 0.1) is 7.11 Å². The largest absolute Gasteiger partial charge is 0.497 e. The van der Waals surface area contributed by atoms with E-state index in [1.165, 1.54) is 26.2 Å². The number of halogens is 3. The molecular formula is C11H13F3O2. The Bertz CT molecular complexity index is 332. The first-order valence-corrected chi connectivity index (χ1v) is 4.74. The van der Waals surface area contributed by atoms with Gasteiger partial charge in [-0.3, -0.25) is 0 Å². The van der Waals surface area contributed by atoms with Crippen LogP contribution >= 0.6 is 0 Å². The van der Waals surface area contributed by atoms with E-state index in [0.717, 1.165) is 0 Å². The van der Waals surface area contributed by atoms with E-state index in [1.807, 2.05) is 0 Å². The predicted octanol–water partition coefficient (Wildman–Crippen LogP) is 2.72. The Morgan fingerprint density at radius 1 is 1.25 bits per heavy atom. The maximum Gasteiger partial charge on any atom is 0.385 e. The van der Waals surface area contributed by atoms with Gasteiger partial charge in [0.15, 0.2) is 6.17 Å². The van der Waals surface area contributed by atoms with Crippen molar-refractivity contribution in [2.24, 2.45) is 0 Å². The van der Waals surface area contributed by atoms with Gasteiger partial charge in [0.2, 0.25) is 0 Å². The molecule has 1 rings (SSSR count). The monoisotopic (exact) mass is 234 g/mol. The summed E-state index contributed by atoms with van der Waals surface area (Å²) in [5.74, 6) is -0.534. The lowest BCUT2D eigenvalue weighted by Gasteiger charge is -2.21. The highest BCUT2D eigenvalue weighted by Crippen LogP contribution is 2.31. The quantitative estimate of drug-likeness (QED) is 0.867. The molecule has 0 saturated carbocycles. The molecule has 0 radical (unpaired) electrons. The Labute approximate surface area is 91.7 Å². The first kappa shape index (κ1) is 12.8. The molecule has 0 amide bonds. The van der Waals surface area contributed by atoms with Gasteiger partial charge in [-0.05, 0) is 17.7 Å². The SMILES string of the molecule is COc1ccc(C(C)C(F)C(O)(F)F)cc1. The van der Waals surface area contributed by atoms with Gasteiger partial charge in [-0.2, -0.15) is 8.78 Å². The summed E-state index contributed by atoms with van der Waals surface area (Å²) in [6.45, 7) is 1.29. The first-order valence-electron chi connectivity index (χ1n) is 4.74. The summed E-state index contributed by atoms with van der Waals surface area (Å²) in [5, 5.41) is 8.29. The molecular weight excluding hydrogens is 221 g/mol. The maximum atomic E-state index is 13.1. The lowest BCUT2D eigenvalue weighted by atomic mass is 9.95. The molecule has 0 heterocycles. The number of methoxy groups -OCH3 is 1. The standard InChI is InChI=1S/C11H13F3O2/c1-7(10(12)11(13,14)15)8-3-5-9(16-2)6-4-8/h3-7,10,15H,1-2H3. The molecule has 16 heavy (non-hydrogen) atoms. The lowest BCUT2D eigenvalue weighted by molar-refractivity contribution is -0.244. The fraction of sp³-hybridized carbons (Fsp3) is 0.455. The summed E-state index contributed by atoms with van der Waals surface area (Å²) < 4.78 is 42.7. The van der Waals surface area contributed by atoms with Gasteiger partial charge in [-0.25, -0.2) is 4.39 Å². The Morgan fingerprint density at radius 2 is 1.75 bits per heavy atom. The van der Waals surface area contributed by atoms with Crippen molar-refractivity contribution >= 4 is 0 Å². The summed E-state index contributed by atoms with van der Waals surface area (Å²) in [6.07, 6.45) is -6.94. The molecule has 1 N–H and O–H groups in total. The first-order chi connectivity index (χ1) is 7.36. The van der Waals surface area contributed by atoms with E-state index in [1.54, 1.807) is 12.1 Å². The minimum atomic E-state index is -4.32. The average Bonchev–Trinajstić information content (AvgIpc) is 2.26. The molecule has 5 heteroatoms. The second-order valence-electron chi connectivity index (χ2n) is 3.55. The highest BCUT2D eigenvalue weighted by atomic mass is 19.3. The maximum absolute atomic E-state index is 13.1. The van der Waals surface area contributed by atoms with Crippen LogP contribution in [0, 0.1) is 0 Å². The van der Waals surface area contributed by atoms with E-state index in [9.17, 15) is 13.2 Å². The highest BCUT2D eigenvalue weighted by Gasteiger charge is 2.41. The van der Waals surface area contributed by atoms with Crippen LogP contribution in [0.5, 0.6) is 5.75 Å². The Morgan fingerprint density at radius 3 is 2.12 bits per heavy atom. The Kier molecular flexibility index (Phi) is 3.80. The Hall–Kier alpha value is -1.23. The summed E-state index contributed by atoms with van der Waals surface area (Å²) in [5.41, 5.74) is 0.377. The number of benzene rings is 1. The minimum Gasteiger partial charge on any atom is -0.497 e. The number of aliphatic hydroxyl groups is 1. The third-order valence-electron chi connectivity index (χ3n) is 2.41. The van der Waals surface area contributed by atoms with E-state index in [0.29, 0.717) is 11.3 Å². The van der Waals surface area contributed by atoms with Gasteiger partial charge >= 0.3 is 6.11 Å². The van der Waals surface area contributed by atoms with Gasteiger partial charge in [0.25, 0.3) is 0 Å².